The summed E-state index contributed by atoms with van der Waals surface area (Å²) in [5.41, 5.74) is 3.56. The second-order valence-electron chi connectivity index (χ2n) is 9.61. The Kier molecular flexibility index (Phi) is 9.24. The fourth-order valence-electron chi connectivity index (χ4n) is 5.08. The number of benzene rings is 3. The molecule has 3 aromatic rings. The maximum atomic E-state index is 6.83. The Bertz CT molecular complexity index is 1120. The van der Waals surface area contributed by atoms with Crippen molar-refractivity contribution in [3.63, 3.8) is 0 Å². The van der Waals surface area contributed by atoms with Crippen LogP contribution < -0.4 is 9.64 Å². The van der Waals surface area contributed by atoms with Crippen molar-refractivity contribution < 1.29 is 14.2 Å². The lowest BCUT2D eigenvalue weighted by atomic mass is 10.0. The first-order valence-corrected chi connectivity index (χ1v) is 13.9. The standard InChI is InChI=1S/C30H34Cl2N2O3/c31-25-11-9-24(10-12-25)29-22-33(21-23-6-2-1-3-7-23)15-16-34(29)28-14-13-26(20-27(28)32)35-18-19-37-30-8-4-5-17-36-30/h1-3,6-7,9-14,20,29-30H,4-5,8,15-19,21-22H2/t29-,30?/m0/s1. The highest BCUT2D eigenvalue weighted by Gasteiger charge is 2.30. The van der Waals surface area contributed by atoms with Crippen LogP contribution in [0.5, 0.6) is 5.75 Å². The van der Waals surface area contributed by atoms with Gasteiger partial charge in [0.25, 0.3) is 0 Å². The molecule has 0 saturated carbocycles. The van der Waals surface area contributed by atoms with Crippen molar-refractivity contribution in [3.05, 3.63) is 94.0 Å². The number of hydrogen-bond acceptors (Lipinski definition) is 5. The molecule has 0 spiro atoms. The molecule has 37 heavy (non-hydrogen) atoms. The summed E-state index contributed by atoms with van der Waals surface area (Å²) in [7, 11) is 0. The van der Waals surface area contributed by atoms with E-state index in [4.69, 9.17) is 37.4 Å². The van der Waals surface area contributed by atoms with Crippen molar-refractivity contribution in [1.29, 1.82) is 0 Å². The molecule has 5 rings (SSSR count). The average molecular weight is 542 g/mol. The summed E-state index contributed by atoms with van der Waals surface area (Å²) in [6, 6.07) is 24.9. The minimum Gasteiger partial charge on any atom is -0.491 e. The summed E-state index contributed by atoms with van der Waals surface area (Å²) >= 11 is 13.0. The van der Waals surface area contributed by atoms with Crippen molar-refractivity contribution in [3.8, 4) is 5.75 Å². The first-order chi connectivity index (χ1) is 18.2. The SMILES string of the molecule is Clc1ccc([C@@H]2CN(Cc3ccccc3)CCN2c2ccc(OCCOC3CCCCO3)cc2Cl)cc1. The Morgan fingerprint density at radius 3 is 2.49 bits per heavy atom. The van der Waals surface area contributed by atoms with Crippen LogP contribution in [-0.2, 0) is 16.0 Å². The zero-order valence-electron chi connectivity index (χ0n) is 21.0. The van der Waals surface area contributed by atoms with Gasteiger partial charge in [-0.2, -0.15) is 0 Å². The minimum atomic E-state index is -0.103. The summed E-state index contributed by atoms with van der Waals surface area (Å²) in [6.07, 6.45) is 3.12. The van der Waals surface area contributed by atoms with Crippen LogP contribution in [-0.4, -0.2) is 50.6 Å². The third kappa shape index (κ3) is 7.18. The Labute approximate surface area is 229 Å². The van der Waals surface area contributed by atoms with Crippen molar-refractivity contribution >= 4 is 28.9 Å². The predicted molar refractivity (Wildman–Crippen MR) is 150 cm³/mol. The van der Waals surface area contributed by atoms with Gasteiger partial charge in [0.15, 0.2) is 6.29 Å². The summed E-state index contributed by atoms with van der Waals surface area (Å²) in [5.74, 6) is 0.743. The largest absolute Gasteiger partial charge is 0.491 e. The third-order valence-corrected chi connectivity index (χ3v) is 7.55. The number of nitrogens with zero attached hydrogens (tertiary/aromatic N) is 2. The molecule has 2 aliphatic heterocycles. The zero-order chi connectivity index (χ0) is 25.5. The van der Waals surface area contributed by atoms with Crippen molar-refractivity contribution in [2.24, 2.45) is 0 Å². The molecular formula is C30H34Cl2N2O3. The van der Waals surface area contributed by atoms with Gasteiger partial charge in [0.1, 0.15) is 12.4 Å². The van der Waals surface area contributed by atoms with E-state index >= 15 is 0 Å². The third-order valence-electron chi connectivity index (χ3n) is 6.99. The molecule has 0 bridgehead atoms. The first kappa shape index (κ1) is 26.3. The Balaban J connectivity index is 1.25. The van der Waals surface area contributed by atoms with E-state index in [9.17, 15) is 0 Å². The molecule has 2 aliphatic rings. The van der Waals surface area contributed by atoms with E-state index in [0.717, 1.165) is 68.5 Å². The van der Waals surface area contributed by atoms with Gasteiger partial charge in [-0.15, -0.1) is 0 Å². The lowest BCUT2D eigenvalue weighted by Gasteiger charge is -2.43. The lowest BCUT2D eigenvalue weighted by molar-refractivity contribution is -0.165. The quantitative estimate of drug-likeness (QED) is 0.273. The molecule has 7 heteroatoms. The van der Waals surface area contributed by atoms with Crippen LogP contribution >= 0.6 is 23.2 Å². The van der Waals surface area contributed by atoms with E-state index in [1.807, 2.05) is 24.3 Å². The van der Waals surface area contributed by atoms with E-state index in [2.05, 4.69) is 58.3 Å². The van der Waals surface area contributed by atoms with Gasteiger partial charge in [0, 0.05) is 43.9 Å². The van der Waals surface area contributed by atoms with Crippen LogP contribution in [0.3, 0.4) is 0 Å². The van der Waals surface area contributed by atoms with Gasteiger partial charge >= 0.3 is 0 Å². The van der Waals surface area contributed by atoms with Gasteiger partial charge in [-0.05, 0) is 54.7 Å². The molecule has 2 fully saturated rings. The highest BCUT2D eigenvalue weighted by Crippen LogP contribution is 2.37. The fraction of sp³-hybridized carbons (Fsp3) is 0.400. The Morgan fingerprint density at radius 1 is 0.892 bits per heavy atom. The van der Waals surface area contributed by atoms with E-state index < -0.39 is 0 Å². The molecule has 5 nitrogen and oxygen atoms in total. The number of anilines is 1. The Hall–Kier alpha value is -2.28. The normalized spacial score (nSPS) is 20.6. The molecule has 0 N–H and O–H groups in total. The highest BCUT2D eigenvalue weighted by atomic mass is 35.5. The molecule has 2 heterocycles. The maximum absolute atomic E-state index is 6.83. The molecule has 2 saturated heterocycles. The minimum absolute atomic E-state index is 0.103. The second-order valence-corrected chi connectivity index (χ2v) is 10.5. The number of ether oxygens (including phenoxy) is 3. The van der Waals surface area contributed by atoms with Gasteiger partial charge < -0.3 is 19.1 Å². The summed E-state index contributed by atoms with van der Waals surface area (Å²) < 4.78 is 17.3. The van der Waals surface area contributed by atoms with Crippen molar-refractivity contribution in [2.45, 2.75) is 38.1 Å². The maximum Gasteiger partial charge on any atom is 0.157 e. The summed E-state index contributed by atoms with van der Waals surface area (Å²) in [6.45, 7) is 5.37. The van der Waals surface area contributed by atoms with Crippen LogP contribution in [0.15, 0.2) is 72.8 Å². The predicted octanol–water partition coefficient (Wildman–Crippen LogP) is 6.98. The van der Waals surface area contributed by atoms with E-state index in [1.54, 1.807) is 0 Å². The van der Waals surface area contributed by atoms with Gasteiger partial charge in [0.2, 0.25) is 0 Å². The zero-order valence-corrected chi connectivity index (χ0v) is 22.5. The molecule has 3 aromatic carbocycles. The molecule has 0 radical (unpaired) electrons. The molecule has 1 unspecified atom stereocenters. The highest BCUT2D eigenvalue weighted by molar-refractivity contribution is 6.33. The molecular weight excluding hydrogens is 507 g/mol. The van der Waals surface area contributed by atoms with Crippen LogP contribution in [0.1, 0.15) is 36.4 Å². The van der Waals surface area contributed by atoms with Gasteiger partial charge in [-0.25, -0.2) is 0 Å². The van der Waals surface area contributed by atoms with E-state index in [-0.39, 0.29) is 12.3 Å². The molecule has 196 valence electrons. The number of piperazine rings is 1. The van der Waals surface area contributed by atoms with Crippen LogP contribution in [0, 0.1) is 0 Å². The Morgan fingerprint density at radius 2 is 1.73 bits per heavy atom. The van der Waals surface area contributed by atoms with E-state index in [0.29, 0.717) is 18.2 Å². The first-order valence-electron chi connectivity index (χ1n) is 13.1. The fourth-order valence-corrected chi connectivity index (χ4v) is 5.48. The van der Waals surface area contributed by atoms with Crippen LogP contribution in [0.25, 0.3) is 0 Å². The van der Waals surface area contributed by atoms with E-state index in [1.165, 1.54) is 11.1 Å². The smallest absolute Gasteiger partial charge is 0.157 e. The summed E-state index contributed by atoms with van der Waals surface area (Å²) in [5, 5.41) is 1.43. The second kappa shape index (κ2) is 13.0. The van der Waals surface area contributed by atoms with Gasteiger partial charge in [-0.3, -0.25) is 4.90 Å². The average Bonchev–Trinajstić information content (AvgIpc) is 2.93. The molecule has 0 aromatic heterocycles. The van der Waals surface area contributed by atoms with Gasteiger partial charge in [0.05, 0.1) is 23.4 Å². The topological polar surface area (TPSA) is 34.2 Å². The lowest BCUT2D eigenvalue weighted by Crippen LogP contribution is -2.48. The number of rotatable bonds is 9. The van der Waals surface area contributed by atoms with Crippen LogP contribution in [0.2, 0.25) is 10.0 Å². The monoisotopic (exact) mass is 540 g/mol. The van der Waals surface area contributed by atoms with Gasteiger partial charge in [-0.1, -0.05) is 65.7 Å². The number of halogens is 2. The molecule has 0 aliphatic carbocycles. The van der Waals surface area contributed by atoms with Crippen molar-refractivity contribution in [2.75, 3.05) is 44.4 Å². The molecule has 0 amide bonds. The van der Waals surface area contributed by atoms with Crippen LogP contribution in [0.4, 0.5) is 5.69 Å². The van der Waals surface area contributed by atoms with Crippen molar-refractivity contribution in [1.82, 2.24) is 4.90 Å². The molecule has 2 atom stereocenters. The number of hydrogen-bond donors (Lipinski definition) is 0. The summed E-state index contributed by atoms with van der Waals surface area (Å²) in [4.78, 5) is 4.91.